The van der Waals surface area contributed by atoms with Crippen LogP contribution in [0.2, 0.25) is 0 Å². The second kappa shape index (κ2) is 5.63. The molecule has 0 saturated carbocycles. The smallest absolute Gasteiger partial charge is 0.338 e. The minimum atomic E-state index is -0.406. The summed E-state index contributed by atoms with van der Waals surface area (Å²) in [6.07, 6.45) is 0. The monoisotopic (exact) mass is 223 g/mol. The average molecular weight is 223 g/mol. The van der Waals surface area contributed by atoms with Gasteiger partial charge in [-0.15, -0.1) is 0 Å². The van der Waals surface area contributed by atoms with Crippen LogP contribution in [-0.2, 0) is 4.74 Å². The van der Waals surface area contributed by atoms with Crippen LogP contribution in [0.4, 0.5) is 0 Å². The van der Waals surface area contributed by atoms with E-state index in [1.807, 2.05) is 6.92 Å². The summed E-state index contributed by atoms with van der Waals surface area (Å²) >= 11 is 0. The van der Waals surface area contributed by atoms with E-state index in [0.29, 0.717) is 12.2 Å². The van der Waals surface area contributed by atoms with Crippen molar-refractivity contribution < 1.29 is 14.6 Å². The maximum Gasteiger partial charge on any atom is 0.338 e. The summed E-state index contributed by atoms with van der Waals surface area (Å²) in [5.74, 6) is -0.338. The van der Waals surface area contributed by atoms with Gasteiger partial charge < -0.3 is 15.6 Å². The fourth-order valence-electron chi connectivity index (χ4n) is 1.53. The third-order valence-electron chi connectivity index (χ3n) is 2.38. The third kappa shape index (κ3) is 2.81. The maximum absolute atomic E-state index is 11.4. The molecule has 0 radical (unpaired) electrons. The number of ether oxygens (including phenoxy) is 1. The van der Waals surface area contributed by atoms with Crippen LogP contribution in [0.5, 0.6) is 0 Å². The predicted octanol–water partition coefficient (Wildman–Crippen LogP) is 1.16. The highest BCUT2D eigenvalue weighted by atomic mass is 16.5. The molecule has 1 atom stereocenters. The van der Waals surface area contributed by atoms with Gasteiger partial charge in [-0.3, -0.25) is 0 Å². The fraction of sp³-hybridized carbons (Fsp3) is 0.417. The molecule has 0 spiro atoms. The molecule has 4 heteroatoms. The normalized spacial score (nSPS) is 12.2. The van der Waals surface area contributed by atoms with E-state index < -0.39 is 6.04 Å². The van der Waals surface area contributed by atoms with Crippen LogP contribution in [0.15, 0.2) is 18.2 Å². The van der Waals surface area contributed by atoms with Crippen molar-refractivity contribution in [2.24, 2.45) is 5.73 Å². The summed E-state index contributed by atoms with van der Waals surface area (Å²) in [7, 11) is 0. The highest BCUT2D eigenvalue weighted by molar-refractivity contribution is 5.89. The molecule has 4 nitrogen and oxygen atoms in total. The van der Waals surface area contributed by atoms with Crippen molar-refractivity contribution in [2.75, 3.05) is 13.2 Å². The zero-order valence-electron chi connectivity index (χ0n) is 9.56. The lowest BCUT2D eigenvalue weighted by Gasteiger charge is -2.12. The Morgan fingerprint density at radius 3 is 2.75 bits per heavy atom. The lowest BCUT2D eigenvalue weighted by atomic mass is 10.00. The van der Waals surface area contributed by atoms with Crippen LogP contribution in [0.3, 0.4) is 0 Å². The SMILES string of the molecule is CCOC(=O)c1ccc(C(N)CO)c(C)c1. The molecule has 88 valence electrons. The minimum Gasteiger partial charge on any atom is -0.462 e. The summed E-state index contributed by atoms with van der Waals surface area (Å²) < 4.78 is 4.89. The number of carbonyl (C=O) groups is 1. The Morgan fingerprint density at radius 1 is 1.56 bits per heavy atom. The molecule has 0 fully saturated rings. The van der Waals surface area contributed by atoms with Gasteiger partial charge in [-0.2, -0.15) is 0 Å². The first-order valence-corrected chi connectivity index (χ1v) is 5.24. The van der Waals surface area contributed by atoms with Gasteiger partial charge >= 0.3 is 5.97 Å². The standard InChI is InChI=1S/C12H17NO3/c1-3-16-12(15)9-4-5-10(8(2)6-9)11(13)7-14/h4-6,11,14H,3,7,13H2,1-2H3. The first kappa shape index (κ1) is 12.7. The van der Waals surface area contributed by atoms with E-state index >= 15 is 0 Å². The molecule has 0 amide bonds. The van der Waals surface area contributed by atoms with E-state index in [4.69, 9.17) is 15.6 Å². The first-order valence-electron chi connectivity index (χ1n) is 5.24. The molecule has 0 aliphatic heterocycles. The van der Waals surface area contributed by atoms with Gasteiger partial charge in [0.25, 0.3) is 0 Å². The molecule has 16 heavy (non-hydrogen) atoms. The van der Waals surface area contributed by atoms with Crippen molar-refractivity contribution >= 4 is 5.97 Å². The minimum absolute atomic E-state index is 0.112. The Morgan fingerprint density at radius 2 is 2.25 bits per heavy atom. The van der Waals surface area contributed by atoms with Crippen molar-refractivity contribution in [3.63, 3.8) is 0 Å². The number of hydrogen-bond donors (Lipinski definition) is 2. The molecule has 1 unspecified atom stereocenters. The molecule has 0 aliphatic rings. The van der Waals surface area contributed by atoms with Crippen molar-refractivity contribution in [3.8, 4) is 0 Å². The van der Waals surface area contributed by atoms with Gasteiger partial charge in [-0.25, -0.2) is 4.79 Å². The Kier molecular flexibility index (Phi) is 4.46. The molecular weight excluding hydrogens is 206 g/mol. The van der Waals surface area contributed by atoms with Crippen LogP contribution < -0.4 is 5.73 Å². The second-order valence-corrected chi connectivity index (χ2v) is 3.58. The van der Waals surface area contributed by atoms with E-state index in [1.165, 1.54) is 0 Å². The molecular formula is C12H17NO3. The van der Waals surface area contributed by atoms with Crippen molar-refractivity contribution in [1.29, 1.82) is 0 Å². The Balaban J connectivity index is 2.95. The maximum atomic E-state index is 11.4. The average Bonchev–Trinajstić information content (AvgIpc) is 2.28. The highest BCUT2D eigenvalue weighted by Gasteiger charge is 2.11. The van der Waals surface area contributed by atoms with Crippen LogP contribution in [0.1, 0.15) is 34.5 Å². The zero-order valence-corrected chi connectivity index (χ0v) is 9.56. The number of aliphatic hydroxyl groups is 1. The largest absolute Gasteiger partial charge is 0.462 e. The van der Waals surface area contributed by atoms with Gasteiger partial charge in [-0.1, -0.05) is 6.07 Å². The van der Waals surface area contributed by atoms with E-state index in [9.17, 15) is 4.79 Å². The zero-order chi connectivity index (χ0) is 12.1. The van der Waals surface area contributed by atoms with Gasteiger partial charge in [0.2, 0.25) is 0 Å². The topological polar surface area (TPSA) is 72.5 Å². The number of aliphatic hydroxyl groups excluding tert-OH is 1. The molecule has 0 heterocycles. The number of esters is 1. The quantitative estimate of drug-likeness (QED) is 0.751. The highest BCUT2D eigenvalue weighted by Crippen LogP contribution is 2.17. The van der Waals surface area contributed by atoms with Crippen molar-refractivity contribution in [2.45, 2.75) is 19.9 Å². The summed E-state index contributed by atoms with van der Waals surface area (Å²) in [5.41, 5.74) is 7.95. The number of carbonyl (C=O) groups excluding carboxylic acids is 1. The van der Waals surface area contributed by atoms with E-state index in [1.54, 1.807) is 25.1 Å². The molecule has 0 bridgehead atoms. The van der Waals surface area contributed by atoms with Gasteiger partial charge in [-0.05, 0) is 37.1 Å². The van der Waals surface area contributed by atoms with Gasteiger partial charge in [0, 0.05) is 0 Å². The Bertz CT molecular complexity index is 377. The van der Waals surface area contributed by atoms with Crippen molar-refractivity contribution in [3.05, 3.63) is 34.9 Å². The van der Waals surface area contributed by atoms with E-state index in [0.717, 1.165) is 11.1 Å². The molecule has 1 aromatic carbocycles. The molecule has 0 aliphatic carbocycles. The summed E-state index contributed by atoms with van der Waals surface area (Å²) in [6, 6.07) is 4.73. The number of aryl methyl sites for hydroxylation is 1. The van der Waals surface area contributed by atoms with Gasteiger partial charge in [0.1, 0.15) is 0 Å². The third-order valence-corrected chi connectivity index (χ3v) is 2.38. The number of rotatable bonds is 4. The van der Waals surface area contributed by atoms with Gasteiger partial charge in [0.15, 0.2) is 0 Å². The number of hydrogen-bond acceptors (Lipinski definition) is 4. The van der Waals surface area contributed by atoms with Crippen LogP contribution in [0.25, 0.3) is 0 Å². The fourth-order valence-corrected chi connectivity index (χ4v) is 1.53. The lowest BCUT2D eigenvalue weighted by Crippen LogP contribution is -2.16. The summed E-state index contributed by atoms with van der Waals surface area (Å²) in [5, 5.41) is 8.96. The van der Waals surface area contributed by atoms with E-state index in [2.05, 4.69) is 0 Å². The molecule has 1 rings (SSSR count). The van der Waals surface area contributed by atoms with Gasteiger partial charge in [0.05, 0.1) is 24.8 Å². The first-order chi connectivity index (χ1) is 7.60. The summed E-state index contributed by atoms with van der Waals surface area (Å²) in [6.45, 7) is 3.86. The lowest BCUT2D eigenvalue weighted by molar-refractivity contribution is 0.0526. The van der Waals surface area contributed by atoms with Crippen LogP contribution >= 0.6 is 0 Å². The molecule has 3 N–H and O–H groups in total. The van der Waals surface area contributed by atoms with E-state index in [-0.39, 0.29) is 12.6 Å². The number of benzene rings is 1. The van der Waals surface area contributed by atoms with Crippen LogP contribution in [-0.4, -0.2) is 24.3 Å². The van der Waals surface area contributed by atoms with Crippen LogP contribution in [0, 0.1) is 6.92 Å². The second-order valence-electron chi connectivity index (χ2n) is 3.58. The Labute approximate surface area is 95.0 Å². The van der Waals surface area contributed by atoms with Crippen molar-refractivity contribution in [1.82, 2.24) is 0 Å². The number of nitrogens with two attached hydrogens (primary N) is 1. The molecule has 0 aromatic heterocycles. The molecule has 1 aromatic rings. The Hall–Kier alpha value is -1.39. The predicted molar refractivity (Wildman–Crippen MR) is 61.1 cm³/mol. The summed E-state index contributed by atoms with van der Waals surface area (Å²) in [4.78, 5) is 11.4. The molecule has 0 saturated heterocycles.